The van der Waals surface area contributed by atoms with E-state index in [9.17, 15) is 9.59 Å². The number of anilines is 2. The minimum atomic E-state index is -0.930. The number of aliphatic carboxylic acids is 1. The molecule has 1 aliphatic heterocycles. The Labute approximate surface area is 98.8 Å². The number of carboxylic acids is 1. The van der Waals surface area contributed by atoms with E-state index in [0.29, 0.717) is 11.4 Å². The number of nitrogens with zero attached hydrogens (tertiary/aromatic N) is 1. The van der Waals surface area contributed by atoms with Gasteiger partial charge in [0.05, 0.1) is 5.92 Å². The summed E-state index contributed by atoms with van der Waals surface area (Å²) in [6.45, 7) is 2.10. The lowest BCUT2D eigenvalue weighted by Crippen LogP contribution is -2.25. The van der Waals surface area contributed by atoms with Gasteiger partial charge in [-0.15, -0.1) is 0 Å². The number of hydrogen-bond donors (Lipinski definition) is 2. The fraction of sp³-hybridized carbons (Fsp3) is 0.333. The third-order valence-corrected chi connectivity index (χ3v) is 3.05. The van der Waals surface area contributed by atoms with E-state index in [1.54, 1.807) is 12.1 Å². The molecular formula is C12H14N2O3. The second-order valence-corrected chi connectivity index (χ2v) is 4.28. The molecule has 0 aliphatic carbocycles. The lowest BCUT2D eigenvalue weighted by atomic mass is 10.1. The first-order valence-corrected chi connectivity index (χ1v) is 5.38. The normalized spacial score (nSPS) is 19.7. The molecule has 0 saturated carbocycles. The van der Waals surface area contributed by atoms with Crippen molar-refractivity contribution in [1.29, 1.82) is 0 Å². The molecule has 3 N–H and O–H groups in total. The number of aryl methyl sites for hydroxylation is 1. The number of carboxylic acid groups (broad SMARTS) is 1. The van der Waals surface area contributed by atoms with Crippen LogP contribution in [0.2, 0.25) is 0 Å². The molecule has 2 rings (SSSR count). The summed E-state index contributed by atoms with van der Waals surface area (Å²) in [5.74, 6) is -1.72. The molecule has 1 aromatic rings. The molecule has 1 saturated heterocycles. The zero-order valence-corrected chi connectivity index (χ0v) is 9.51. The number of nitrogens with two attached hydrogens (primary N) is 1. The van der Waals surface area contributed by atoms with Crippen LogP contribution < -0.4 is 10.6 Å². The number of rotatable bonds is 2. The molecule has 1 atom stereocenters. The van der Waals surface area contributed by atoms with E-state index < -0.39 is 11.9 Å². The second kappa shape index (κ2) is 4.08. The highest BCUT2D eigenvalue weighted by Crippen LogP contribution is 2.27. The average molecular weight is 234 g/mol. The smallest absolute Gasteiger partial charge is 0.308 e. The Kier molecular flexibility index (Phi) is 2.75. The molecular weight excluding hydrogens is 220 g/mol. The topological polar surface area (TPSA) is 83.6 Å². The molecule has 1 amide bonds. The van der Waals surface area contributed by atoms with Crippen molar-refractivity contribution in [3.63, 3.8) is 0 Å². The van der Waals surface area contributed by atoms with Crippen LogP contribution in [0.4, 0.5) is 11.4 Å². The van der Waals surface area contributed by atoms with Crippen LogP contribution in [0.15, 0.2) is 18.2 Å². The number of benzene rings is 1. The van der Waals surface area contributed by atoms with Crippen LogP contribution in [0.25, 0.3) is 0 Å². The molecule has 1 fully saturated rings. The van der Waals surface area contributed by atoms with Gasteiger partial charge in [0.1, 0.15) is 0 Å². The predicted octanol–water partition coefficient (Wildman–Crippen LogP) is 1.01. The minimum absolute atomic E-state index is 0.0586. The molecule has 17 heavy (non-hydrogen) atoms. The van der Waals surface area contributed by atoms with Gasteiger partial charge in [-0.05, 0) is 24.6 Å². The van der Waals surface area contributed by atoms with Crippen LogP contribution in [-0.2, 0) is 9.59 Å². The van der Waals surface area contributed by atoms with Crippen LogP contribution in [0.1, 0.15) is 12.0 Å². The van der Waals surface area contributed by atoms with Crippen molar-refractivity contribution in [2.75, 3.05) is 17.2 Å². The molecule has 5 nitrogen and oxygen atoms in total. The SMILES string of the molecule is Cc1ccc(N2CC(C(=O)O)CC2=O)cc1N. The Bertz CT molecular complexity index is 485. The molecule has 90 valence electrons. The van der Waals surface area contributed by atoms with E-state index in [2.05, 4.69) is 0 Å². The number of amides is 1. The van der Waals surface area contributed by atoms with Crippen LogP contribution >= 0.6 is 0 Å². The van der Waals surface area contributed by atoms with E-state index in [0.717, 1.165) is 5.56 Å². The summed E-state index contributed by atoms with van der Waals surface area (Å²) < 4.78 is 0. The Morgan fingerprint density at radius 1 is 1.53 bits per heavy atom. The van der Waals surface area contributed by atoms with Gasteiger partial charge >= 0.3 is 5.97 Å². The molecule has 1 aromatic carbocycles. The third-order valence-electron chi connectivity index (χ3n) is 3.05. The van der Waals surface area contributed by atoms with Crippen LogP contribution in [0, 0.1) is 12.8 Å². The quantitative estimate of drug-likeness (QED) is 0.748. The molecule has 0 spiro atoms. The third kappa shape index (κ3) is 2.08. The Balaban J connectivity index is 2.26. The summed E-state index contributed by atoms with van der Waals surface area (Å²) in [6, 6.07) is 5.32. The van der Waals surface area contributed by atoms with Crippen molar-refractivity contribution in [3.8, 4) is 0 Å². The lowest BCUT2D eigenvalue weighted by Gasteiger charge is -2.17. The number of nitrogen functional groups attached to an aromatic ring is 1. The van der Waals surface area contributed by atoms with Gasteiger partial charge in [0.25, 0.3) is 0 Å². The van der Waals surface area contributed by atoms with Gasteiger partial charge in [-0.25, -0.2) is 0 Å². The van der Waals surface area contributed by atoms with E-state index in [-0.39, 0.29) is 18.9 Å². The van der Waals surface area contributed by atoms with E-state index >= 15 is 0 Å². The Morgan fingerprint density at radius 3 is 2.76 bits per heavy atom. The van der Waals surface area contributed by atoms with Gasteiger partial charge in [-0.3, -0.25) is 9.59 Å². The standard InChI is InChI=1S/C12H14N2O3/c1-7-2-3-9(5-10(7)13)14-6-8(12(16)17)4-11(14)15/h2-3,5,8H,4,6,13H2,1H3,(H,16,17). The van der Waals surface area contributed by atoms with Gasteiger partial charge in [0.15, 0.2) is 0 Å². The fourth-order valence-electron chi connectivity index (χ4n) is 1.92. The molecule has 0 radical (unpaired) electrons. The summed E-state index contributed by atoms with van der Waals surface area (Å²) in [6.07, 6.45) is 0.0586. The summed E-state index contributed by atoms with van der Waals surface area (Å²) in [4.78, 5) is 24.0. The Hall–Kier alpha value is -2.04. The molecule has 1 unspecified atom stereocenters. The molecule has 1 heterocycles. The highest BCUT2D eigenvalue weighted by Gasteiger charge is 2.35. The van der Waals surface area contributed by atoms with Crippen molar-refractivity contribution < 1.29 is 14.7 Å². The number of carbonyl (C=O) groups excluding carboxylic acids is 1. The highest BCUT2D eigenvalue weighted by molar-refractivity contribution is 5.99. The van der Waals surface area contributed by atoms with Crippen molar-refractivity contribution >= 4 is 23.3 Å². The van der Waals surface area contributed by atoms with Gasteiger partial charge in [-0.1, -0.05) is 6.07 Å². The lowest BCUT2D eigenvalue weighted by molar-refractivity contribution is -0.141. The number of carbonyl (C=O) groups is 2. The van der Waals surface area contributed by atoms with Gasteiger partial charge in [-0.2, -0.15) is 0 Å². The number of hydrogen-bond acceptors (Lipinski definition) is 3. The first-order chi connectivity index (χ1) is 7.99. The molecule has 5 heteroatoms. The molecule has 0 aromatic heterocycles. The van der Waals surface area contributed by atoms with Gasteiger partial charge in [0.2, 0.25) is 5.91 Å². The summed E-state index contributed by atoms with van der Waals surface area (Å²) >= 11 is 0. The van der Waals surface area contributed by atoms with Crippen LogP contribution in [0.3, 0.4) is 0 Å². The monoisotopic (exact) mass is 234 g/mol. The fourth-order valence-corrected chi connectivity index (χ4v) is 1.92. The summed E-state index contributed by atoms with van der Waals surface area (Å²) in [5.41, 5.74) is 7.99. The minimum Gasteiger partial charge on any atom is -0.481 e. The maximum atomic E-state index is 11.7. The highest BCUT2D eigenvalue weighted by atomic mass is 16.4. The van der Waals surface area contributed by atoms with Gasteiger partial charge < -0.3 is 15.7 Å². The first-order valence-electron chi connectivity index (χ1n) is 5.38. The van der Waals surface area contributed by atoms with Crippen molar-refractivity contribution in [1.82, 2.24) is 0 Å². The van der Waals surface area contributed by atoms with E-state index in [4.69, 9.17) is 10.8 Å². The maximum Gasteiger partial charge on any atom is 0.308 e. The van der Waals surface area contributed by atoms with Gasteiger partial charge in [0, 0.05) is 24.3 Å². The second-order valence-electron chi connectivity index (χ2n) is 4.28. The summed E-state index contributed by atoms with van der Waals surface area (Å²) in [5, 5.41) is 8.89. The zero-order valence-electron chi connectivity index (χ0n) is 9.51. The Morgan fingerprint density at radius 2 is 2.24 bits per heavy atom. The molecule has 1 aliphatic rings. The van der Waals surface area contributed by atoms with E-state index in [1.165, 1.54) is 4.90 Å². The van der Waals surface area contributed by atoms with Crippen LogP contribution in [-0.4, -0.2) is 23.5 Å². The molecule has 0 bridgehead atoms. The largest absolute Gasteiger partial charge is 0.481 e. The van der Waals surface area contributed by atoms with Crippen LogP contribution in [0.5, 0.6) is 0 Å². The van der Waals surface area contributed by atoms with Crippen molar-refractivity contribution in [2.45, 2.75) is 13.3 Å². The predicted molar refractivity (Wildman–Crippen MR) is 63.7 cm³/mol. The van der Waals surface area contributed by atoms with Crippen molar-refractivity contribution in [3.05, 3.63) is 23.8 Å². The zero-order chi connectivity index (χ0) is 12.6. The maximum absolute atomic E-state index is 11.7. The van der Waals surface area contributed by atoms with E-state index in [1.807, 2.05) is 13.0 Å². The summed E-state index contributed by atoms with van der Waals surface area (Å²) in [7, 11) is 0. The average Bonchev–Trinajstić information content (AvgIpc) is 2.65. The first kappa shape index (κ1) is 11.4. The van der Waals surface area contributed by atoms with Crippen molar-refractivity contribution in [2.24, 2.45) is 5.92 Å².